The molecule has 0 unspecified atom stereocenters. The maximum absolute atomic E-state index is 12.0. The molecule has 1 amide bonds. The monoisotopic (exact) mass is 393 g/mol. The van der Waals surface area contributed by atoms with Crippen molar-refractivity contribution in [3.8, 4) is 0 Å². The maximum atomic E-state index is 12.0. The van der Waals surface area contributed by atoms with Crippen LogP contribution in [0.3, 0.4) is 0 Å². The SMILES string of the molecule is CCn1c2ccccc2c2cc(/C=N/NC(=O)C[n+]3ccccc3)ccc21.Cl. The number of rotatable bonds is 5. The summed E-state index contributed by atoms with van der Waals surface area (Å²) in [5.41, 5.74) is 5.98. The molecule has 2 heterocycles. The largest absolute Gasteiger partial charge is 0.341 e. The molecule has 0 spiro atoms. The molecule has 0 saturated heterocycles. The Morgan fingerprint density at radius 1 is 1.04 bits per heavy atom. The minimum absolute atomic E-state index is 0. The molecule has 28 heavy (non-hydrogen) atoms. The summed E-state index contributed by atoms with van der Waals surface area (Å²) in [5, 5.41) is 6.53. The minimum Gasteiger partial charge on any atom is -0.341 e. The molecule has 0 bridgehead atoms. The standard InChI is InChI=1S/C22H20N4O.ClH/c1-2-26-20-9-5-4-8-18(20)19-14-17(10-11-21(19)26)15-23-24-22(27)16-25-12-6-3-7-13-25;/h3-15H,2,16H2,1H3;1H/p+1/b23-15+;. The second kappa shape index (κ2) is 8.67. The van der Waals surface area contributed by atoms with Crippen LogP contribution in [0.4, 0.5) is 0 Å². The van der Waals surface area contributed by atoms with Crippen molar-refractivity contribution in [2.75, 3.05) is 0 Å². The van der Waals surface area contributed by atoms with E-state index in [4.69, 9.17) is 0 Å². The van der Waals surface area contributed by atoms with Crippen molar-refractivity contribution in [3.05, 3.63) is 78.6 Å². The first-order valence-electron chi connectivity index (χ1n) is 9.03. The number of para-hydroxylation sites is 1. The van der Waals surface area contributed by atoms with Crippen LogP contribution in [-0.2, 0) is 17.9 Å². The molecule has 0 fully saturated rings. The number of aryl methyl sites for hydroxylation is 1. The first kappa shape index (κ1) is 19.6. The molecule has 0 saturated carbocycles. The third-order valence-corrected chi connectivity index (χ3v) is 4.62. The van der Waals surface area contributed by atoms with Gasteiger partial charge in [-0.15, -0.1) is 12.4 Å². The molecule has 0 aliphatic rings. The zero-order chi connectivity index (χ0) is 18.6. The summed E-state index contributed by atoms with van der Waals surface area (Å²) in [6.45, 7) is 3.31. The average molecular weight is 394 g/mol. The van der Waals surface area contributed by atoms with E-state index >= 15 is 0 Å². The molecule has 0 atom stereocenters. The van der Waals surface area contributed by atoms with E-state index in [1.54, 1.807) is 10.8 Å². The molecule has 1 N–H and O–H groups in total. The summed E-state index contributed by atoms with van der Waals surface area (Å²) in [6.07, 6.45) is 5.38. The number of amides is 1. The van der Waals surface area contributed by atoms with Gasteiger partial charge in [-0.2, -0.15) is 9.67 Å². The van der Waals surface area contributed by atoms with E-state index in [9.17, 15) is 4.79 Å². The molecular weight excluding hydrogens is 372 g/mol. The molecule has 5 nitrogen and oxygen atoms in total. The molecule has 142 valence electrons. The summed E-state index contributed by atoms with van der Waals surface area (Å²) < 4.78 is 4.11. The highest BCUT2D eigenvalue weighted by Crippen LogP contribution is 2.29. The quantitative estimate of drug-likeness (QED) is 0.314. The van der Waals surface area contributed by atoms with Crippen molar-refractivity contribution >= 4 is 46.3 Å². The third kappa shape index (κ3) is 3.89. The lowest BCUT2D eigenvalue weighted by atomic mass is 10.1. The third-order valence-electron chi connectivity index (χ3n) is 4.62. The van der Waals surface area contributed by atoms with E-state index in [0.29, 0.717) is 0 Å². The summed E-state index contributed by atoms with van der Waals surface area (Å²) >= 11 is 0. The van der Waals surface area contributed by atoms with Crippen LogP contribution in [-0.4, -0.2) is 16.7 Å². The van der Waals surface area contributed by atoms with E-state index < -0.39 is 0 Å². The van der Waals surface area contributed by atoms with Gasteiger partial charge in [0.1, 0.15) is 0 Å². The Labute approximate surface area is 169 Å². The highest BCUT2D eigenvalue weighted by Gasteiger charge is 2.09. The van der Waals surface area contributed by atoms with Gasteiger partial charge >= 0.3 is 5.91 Å². The maximum Gasteiger partial charge on any atom is 0.305 e. The number of nitrogens with zero attached hydrogens (tertiary/aromatic N) is 3. The first-order valence-corrected chi connectivity index (χ1v) is 9.03. The molecule has 0 aliphatic heterocycles. The lowest BCUT2D eigenvalue weighted by molar-refractivity contribution is -0.684. The van der Waals surface area contributed by atoms with Crippen LogP contribution in [0.15, 0.2) is 78.2 Å². The number of halogens is 1. The van der Waals surface area contributed by atoms with E-state index in [1.165, 1.54) is 21.8 Å². The zero-order valence-electron chi connectivity index (χ0n) is 15.6. The molecule has 4 aromatic rings. The number of fused-ring (bicyclic) bond motifs is 3. The van der Waals surface area contributed by atoms with E-state index in [2.05, 4.69) is 58.4 Å². The topological polar surface area (TPSA) is 50.3 Å². The normalized spacial score (nSPS) is 11.0. The van der Waals surface area contributed by atoms with E-state index in [-0.39, 0.29) is 24.9 Å². The summed E-state index contributed by atoms with van der Waals surface area (Å²) in [7, 11) is 0. The van der Waals surface area contributed by atoms with Gasteiger partial charge in [0, 0.05) is 40.5 Å². The summed E-state index contributed by atoms with van der Waals surface area (Å²) in [4.78, 5) is 12.0. The number of hydrogen-bond acceptors (Lipinski definition) is 2. The minimum atomic E-state index is -0.161. The number of hydrogen-bond donors (Lipinski definition) is 1. The zero-order valence-corrected chi connectivity index (χ0v) is 16.4. The lowest BCUT2D eigenvalue weighted by Gasteiger charge is -2.02. The van der Waals surface area contributed by atoms with Crippen LogP contribution in [0.1, 0.15) is 12.5 Å². The number of nitrogens with one attached hydrogen (secondary N) is 1. The Kier molecular flexibility index (Phi) is 6.06. The van der Waals surface area contributed by atoms with Crippen LogP contribution >= 0.6 is 12.4 Å². The number of pyridine rings is 1. The molecule has 6 heteroatoms. The number of carbonyl (C=O) groups is 1. The molecule has 0 aliphatic carbocycles. The first-order chi connectivity index (χ1) is 13.3. The van der Waals surface area contributed by atoms with Crippen LogP contribution in [0.5, 0.6) is 0 Å². The molecule has 0 radical (unpaired) electrons. The van der Waals surface area contributed by atoms with Crippen LogP contribution < -0.4 is 9.99 Å². The second-order valence-corrected chi connectivity index (χ2v) is 6.38. The van der Waals surface area contributed by atoms with Gasteiger partial charge in [0.25, 0.3) is 0 Å². The van der Waals surface area contributed by atoms with Gasteiger partial charge in [0.05, 0.1) is 6.21 Å². The van der Waals surface area contributed by atoms with E-state index in [0.717, 1.165) is 12.1 Å². The Morgan fingerprint density at radius 2 is 1.79 bits per heavy atom. The molecule has 4 rings (SSSR count). The molecular formula is C22H22ClN4O+. The van der Waals surface area contributed by atoms with Crippen molar-refractivity contribution < 1.29 is 9.36 Å². The van der Waals surface area contributed by atoms with Crippen molar-refractivity contribution in [3.63, 3.8) is 0 Å². The van der Waals surface area contributed by atoms with Gasteiger partial charge < -0.3 is 4.57 Å². The van der Waals surface area contributed by atoms with Crippen molar-refractivity contribution in [2.24, 2.45) is 5.10 Å². The number of hydrazone groups is 1. The van der Waals surface area contributed by atoms with Crippen molar-refractivity contribution in [1.29, 1.82) is 0 Å². The van der Waals surface area contributed by atoms with Crippen LogP contribution in [0, 0.1) is 0 Å². The van der Waals surface area contributed by atoms with Gasteiger partial charge in [-0.05, 0) is 30.7 Å². The number of benzene rings is 2. The predicted molar refractivity (Wildman–Crippen MR) is 115 cm³/mol. The highest BCUT2D eigenvalue weighted by molar-refractivity contribution is 6.09. The summed E-state index contributed by atoms with van der Waals surface area (Å²) in [5.74, 6) is -0.161. The number of carbonyl (C=O) groups excluding carboxylic acids is 1. The van der Waals surface area contributed by atoms with Gasteiger partial charge in [-0.3, -0.25) is 4.79 Å². The Morgan fingerprint density at radius 3 is 2.57 bits per heavy atom. The molecule has 2 aromatic carbocycles. The van der Waals surface area contributed by atoms with E-state index in [1.807, 2.05) is 36.7 Å². The fraction of sp³-hybridized carbons (Fsp3) is 0.136. The van der Waals surface area contributed by atoms with Crippen molar-refractivity contribution in [2.45, 2.75) is 20.0 Å². The van der Waals surface area contributed by atoms with Crippen LogP contribution in [0.2, 0.25) is 0 Å². The van der Waals surface area contributed by atoms with Gasteiger partial charge in [-0.1, -0.05) is 30.3 Å². The molecule has 2 aromatic heterocycles. The Balaban J connectivity index is 0.00000225. The fourth-order valence-electron chi connectivity index (χ4n) is 3.41. The predicted octanol–water partition coefficient (Wildman–Crippen LogP) is 3.67. The Bertz CT molecular complexity index is 1140. The highest BCUT2D eigenvalue weighted by atomic mass is 35.5. The second-order valence-electron chi connectivity index (χ2n) is 6.38. The summed E-state index contributed by atoms with van der Waals surface area (Å²) in [6, 6.07) is 20.4. The van der Waals surface area contributed by atoms with Gasteiger partial charge in [0.2, 0.25) is 6.54 Å². The Hall–Kier alpha value is -3.18. The lowest BCUT2D eigenvalue weighted by Crippen LogP contribution is -2.40. The fourth-order valence-corrected chi connectivity index (χ4v) is 3.41. The average Bonchev–Trinajstić information content (AvgIpc) is 3.02. The number of aromatic nitrogens is 2. The van der Waals surface area contributed by atoms with Crippen molar-refractivity contribution in [1.82, 2.24) is 9.99 Å². The van der Waals surface area contributed by atoms with Crippen LogP contribution in [0.25, 0.3) is 21.8 Å². The van der Waals surface area contributed by atoms with Gasteiger partial charge in [-0.25, -0.2) is 5.43 Å². The van der Waals surface area contributed by atoms with Gasteiger partial charge in [0.15, 0.2) is 12.4 Å². The smallest absolute Gasteiger partial charge is 0.305 e.